The van der Waals surface area contributed by atoms with E-state index in [2.05, 4.69) is 28.5 Å². The predicted molar refractivity (Wildman–Crippen MR) is 136 cm³/mol. The highest BCUT2D eigenvalue weighted by Gasteiger charge is 2.11. The summed E-state index contributed by atoms with van der Waals surface area (Å²) in [7, 11) is 0. The molecule has 1 heterocycles. The average Bonchev–Trinajstić information content (AvgIpc) is 2.89. The van der Waals surface area contributed by atoms with E-state index in [9.17, 15) is 9.59 Å². The Morgan fingerprint density at radius 3 is 2.26 bits per heavy atom. The molecule has 0 fully saturated rings. The molecule has 0 aliphatic carbocycles. The molecule has 0 aliphatic rings. The summed E-state index contributed by atoms with van der Waals surface area (Å²) < 4.78 is 6.06. The molecular formula is C30H28N2O3. The molecule has 4 rings (SSSR count). The molecule has 0 bridgehead atoms. The third kappa shape index (κ3) is 7.37. The van der Waals surface area contributed by atoms with E-state index in [1.165, 1.54) is 5.56 Å². The Kier molecular flexibility index (Phi) is 8.38. The van der Waals surface area contributed by atoms with Gasteiger partial charge in [0, 0.05) is 17.5 Å². The van der Waals surface area contributed by atoms with Crippen molar-refractivity contribution in [3.8, 4) is 5.75 Å². The Balaban J connectivity index is 1.25. The minimum absolute atomic E-state index is 0.0706. The second kappa shape index (κ2) is 12.3. The van der Waals surface area contributed by atoms with Crippen LogP contribution in [0.4, 0.5) is 0 Å². The summed E-state index contributed by atoms with van der Waals surface area (Å²) in [4.78, 5) is 28.6. The van der Waals surface area contributed by atoms with Crippen LogP contribution in [-0.2, 0) is 30.7 Å². The van der Waals surface area contributed by atoms with E-state index in [4.69, 9.17) is 4.74 Å². The smallest absolute Gasteiger partial charge is 0.257 e. The van der Waals surface area contributed by atoms with Crippen molar-refractivity contribution in [2.24, 2.45) is 0 Å². The van der Waals surface area contributed by atoms with Crippen LogP contribution >= 0.6 is 0 Å². The molecular weight excluding hydrogens is 436 g/mol. The zero-order valence-corrected chi connectivity index (χ0v) is 19.5. The molecule has 2 amide bonds. The average molecular weight is 465 g/mol. The highest BCUT2D eigenvalue weighted by molar-refractivity contribution is 6.05. The molecule has 0 aliphatic heterocycles. The quantitative estimate of drug-likeness (QED) is 0.344. The van der Waals surface area contributed by atoms with Gasteiger partial charge in [0.15, 0.2) is 0 Å². The number of pyridine rings is 1. The fourth-order valence-electron chi connectivity index (χ4n) is 3.80. The van der Waals surface area contributed by atoms with Crippen LogP contribution in [0, 0.1) is 0 Å². The maximum atomic E-state index is 12.4. The van der Waals surface area contributed by atoms with Crippen molar-refractivity contribution in [3.05, 3.63) is 131 Å². The Labute approximate surface area is 205 Å². The first-order valence-electron chi connectivity index (χ1n) is 11.7. The molecule has 1 aromatic heterocycles. The molecule has 0 atom stereocenters. The lowest BCUT2D eigenvalue weighted by Gasteiger charge is -2.12. The van der Waals surface area contributed by atoms with Crippen molar-refractivity contribution in [1.82, 2.24) is 10.3 Å². The number of nitrogens with one attached hydrogen (secondary N) is 1. The standard InChI is InChI=1S/C30H28N2O3/c33-29(21-27-14-6-7-20-31-27)32-30(34)26-18-16-23(17-19-26)11-8-13-25-12-4-5-15-28(25)35-22-24-9-2-1-3-10-24/h1-7,9-10,12,14-20H,8,11,13,21-22H2,(H,32,33,34). The lowest BCUT2D eigenvalue weighted by molar-refractivity contribution is -0.119. The normalized spacial score (nSPS) is 10.5. The summed E-state index contributed by atoms with van der Waals surface area (Å²) in [5.74, 6) is 0.145. The van der Waals surface area contributed by atoms with Crippen LogP contribution in [-0.4, -0.2) is 16.8 Å². The van der Waals surface area contributed by atoms with E-state index in [-0.39, 0.29) is 12.3 Å². The third-order valence-corrected chi connectivity index (χ3v) is 5.66. The number of aryl methyl sites for hydroxylation is 2. The largest absolute Gasteiger partial charge is 0.489 e. The summed E-state index contributed by atoms with van der Waals surface area (Å²) in [6.45, 7) is 0.547. The molecule has 176 valence electrons. The van der Waals surface area contributed by atoms with Gasteiger partial charge in [-0.2, -0.15) is 0 Å². The SMILES string of the molecule is O=C(Cc1ccccn1)NC(=O)c1ccc(CCCc2ccccc2OCc2ccccc2)cc1. The number of para-hydroxylation sites is 1. The maximum Gasteiger partial charge on any atom is 0.257 e. The van der Waals surface area contributed by atoms with Gasteiger partial charge in [0.25, 0.3) is 5.91 Å². The number of hydrogen-bond donors (Lipinski definition) is 1. The van der Waals surface area contributed by atoms with Crippen LogP contribution in [0.1, 0.15) is 39.2 Å². The van der Waals surface area contributed by atoms with Crippen molar-refractivity contribution < 1.29 is 14.3 Å². The van der Waals surface area contributed by atoms with Gasteiger partial charge >= 0.3 is 0 Å². The fourth-order valence-corrected chi connectivity index (χ4v) is 3.80. The summed E-state index contributed by atoms with van der Waals surface area (Å²) in [6, 6.07) is 31.0. The van der Waals surface area contributed by atoms with Gasteiger partial charge in [0.2, 0.25) is 5.91 Å². The summed E-state index contributed by atoms with van der Waals surface area (Å²) in [5, 5.41) is 2.43. The number of carbonyl (C=O) groups excluding carboxylic acids is 2. The first kappa shape index (κ1) is 23.9. The van der Waals surface area contributed by atoms with E-state index in [0.717, 1.165) is 36.1 Å². The Bertz CT molecular complexity index is 1240. The number of nitrogens with zero attached hydrogens (tertiary/aromatic N) is 1. The minimum atomic E-state index is -0.401. The van der Waals surface area contributed by atoms with E-state index < -0.39 is 5.91 Å². The van der Waals surface area contributed by atoms with Gasteiger partial charge in [0.1, 0.15) is 12.4 Å². The minimum Gasteiger partial charge on any atom is -0.489 e. The third-order valence-electron chi connectivity index (χ3n) is 5.66. The molecule has 0 saturated carbocycles. The number of carbonyl (C=O) groups is 2. The van der Waals surface area contributed by atoms with Crippen LogP contribution in [0.15, 0.2) is 103 Å². The number of ether oxygens (including phenoxy) is 1. The topological polar surface area (TPSA) is 68.3 Å². The summed E-state index contributed by atoms with van der Waals surface area (Å²) >= 11 is 0. The number of amides is 2. The first-order valence-corrected chi connectivity index (χ1v) is 11.7. The Morgan fingerprint density at radius 1 is 0.743 bits per heavy atom. The van der Waals surface area contributed by atoms with Gasteiger partial charge < -0.3 is 4.74 Å². The van der Waals surface area contributed by atoms with Gasteiger partial charge in [0.05, 0.1) is 6.42 Å². The highest BCUT2D eigenvalue weighted by Crippen LogP contribution is 2.22. The number of hydrogen-bond acceptors (Lipinski definition) is 4. The van der Waals surface area contributed by atoms with Crippen molar-refractivity contribution in [1.29, 1.82) is 0 Å². The Morgan fingerprint density at radius 2 is 1.49 bits per heavy atom. The summed E-state index contributed by atoms with van der Waals surface area (Å²) in [6.07, 6.45) is 4.43. The van der Waals surface area contributed by atoms with Gasteiger partial charge in [-0.25, -0.2) is 0 Å². The van der Waals surface area contributed by atoms with E-state index in [1.54, 1.807) is 30.5 Å². The van der Waals surface area contributed by atoms with Crippen molar-refractivity contribution >= 4 is 11.8 Å². The van der Waals surface area contributed by atoms with E-state index in [0.29, 0.717) is 17.9 Å². The molecule has 3 aromatic carbocycles. The lowest BCUT2D eigenvalue weighted by atomic mass is 10.0. The molecule has 0 unspecified atom stereocenters. The van der Waals surface area contributed by atoms with Crippen LogP contribution < -0.4 is 10.1 Å². The maximum absolute atomic E-state index is 12.4. The van der Waals surface area contributed by atoms with Crippen LogP contribution in [0.5, 0.6) is 5.75 Å². The monoisotopic (exact) mass is 464 g/mol. The molecule has 1 N–H and O–H groups in total. The van der Waals surface area contributed by atoms with Crippen molar-refractivity contribution in [2.75, 3.05) is 0 Å². The Hall–Kier alpha value is -4.25. The van der Waals surface area contributed by atoms with Gasteiger partial charge in [-0.15, -0.1) is 0 Å². The van der Waals surface area contributed by atoms with Crippen LogP contribution in [0.3, 0.4) is 0 Å². The zero-order valence-electron chi connectivity index (χ0n) is 19.5. The number of imide groups is 1. The molecule has 35 heavy (non-hydrogen) atoms. The number of aromatic nitrogens is 1. The first-order chi connectivity index (χ1) is 17.2. The van der Waals surface area contributed by atoms with Crippen LogP contribution in [0.2, 0.25) is 0 Å². The number of benzene rings is 3. The van der Waals surface area contributed by atoms with Gasteiger partial charge in [-0.05, 0) is 66.3 Å². The predicted octanol–water partition coefficient (Wildman–Crippen LogP) is 5.34. The van der Waals surface area contributed by atoms with Gasteiger partial charge in [-0.1, -0.05) is 66.7 Å². The lowest BCUT2D eigenvalue weighted by Crippen LogP contribution is -2.31. The summed E-state index contributed by atoms with van der Waals surface area (Å²) in [5.41, 5.74) is 4.56. The van der Waals surface area contributed by atoms with E-state index >= 15 is 0 Å². The van der Waals surface area contributed by atoms with Crippen LogP contribution in [0.25, 0.3) is 0 Å². The highest BCUT2D eigenvalue weighted by atomic mass is 16.5. The van der Waals surface area contributed by atoms with Crippen molar-refractivity contribution in [2.45, 2.75) is 32.3 Å². The van der Waals surface area contributed by atoms with E-state index in [1.807, 2.05) is 54.6 Å². The second-order valence-corrected chi connectivity index (χ2v) is 8.31. The molecule has 4 aromatic rings. The zero-order chi connectivity index (χ0) is 24.3. The molecule has 5 heteroatoms. The molecule has 0 radical (unpaired) electrons. The fraction of sp³-hybridized carbons (Fsp3) is 0.167. The van der Waals surface area contributed by atoms with Gasteiger partial charge in [-0.3, -0.25) is 19.9 Å². The molecule has 0 saturated heterocycles. The molecule has 0 spiro atoms. The molecule has 5 nitrogen and oxygen atoms in total. The van der Waals surface area contributed by atoms with Crippen molar-refractivity contribution in [3.63, 3.8) is 0 Å². The second-order valence-electron chi connectivity index (χ2n) is 8.31. The number of rotatable bonds is 10.